The van der Waals surface area contributed by atoms with E-state index in [1.54, 1.807) is 48.0 Å². The van der Waals surface area contributed by atoms with Crippen LogP contribution in [-0.2, 0) is 0 Å². The minimum absolute atomic E-state index is 0.146. The van der Waals surface area contributed by atoms with E-state index in [1.807, 2.05) is 19.2 Å². The fourth-order valence-corrected chi connectivity index (χ4v) is 3.51. The minimum Gasteiger partial charge on any atom is -0.478 e. The van der Waals surface area contributed by atoms with Crippen LogP contribution in [0.2, 0.25) is 0 Å². The monoisotopic (exact) mass is 339 g/mol. The molecule has 3 aromatic rings. The number of aromatic carboxylic acids is 1. The van der Waals surface area contributed by atoms with E-state index in [2.05, 4.69) is 17.2 Å². The minimum atomic E-state index is -0.930. The van der Waals surface area contributed by atoms with Crippen LogP contribution in [0.3, 0.4) is 0 Å². The third-order valence-electron chi connectivity index (χ3n) is 3.81. The highest BCUT2D eigenvalue weighted by atomic mass is 32.1. The quantitative estimate of drug-likeness (QED) is 0.738. The van der Waals surface area contributed by atoms with Crippen molar-refractivity contribution < 1.29 is 9.90 Å². The number of rotatable bonds is 5. The molecule has 0 saturated carbocycles. The number of carboxylic acid groups (broad SMARTS) is 1. The lowest BCUT2D eigenvalue weighted by Gasteiger charge is -2.10. The van der Waals surface area contributed by atoms with Crippen molar-refractivity contribution in [2.75, 3.05) is 7.05 Å². The lowest BCUT2D eigenvalue weighted by molar-refractivity contribution is 0.0697. The molecule has 0 aliphatic carbocycles. The highest BCUT2D eigenvalue weighted by Gasteiger charge is 2.18. The van der Waals surface area contributed by atoms with Crippen LogP contribution in [0.15, 0.2) is 48.8 Å². The lowest BCUT2D eigenvalue weighted by atomic mass is 10.1. The van der Waals surface area contributed by atoms with E-state index in [9.17, 15) is 4.79 Å². The summed E-state index contributed by atoms with van der Waals surface area (Å²) in [5, 5.41) is 13.2. The number of pyridine rings is 1. The van der Waals surface area contributed by atoms with Crippen LogP contribution in [-0.4, -0.2) is 28.1 Å². The highest BCUT2D eigenvalue weighted by molar-refractivity contribution is 7.15. The van der Waals surface area contributed by atoms with Gasteiger partial charge in [-0.3, -0.25) is 4.98 Å². The van der Waals surface area contributed by atoms with Crippen LogP contribution in [0.4, 0.5) is 0 Å². The Morgan fingerprint density at radius 2 is 1.79 bits per heavy atom. The molecule has 0 bridgehead atoms. The van der Waals surface area contributed by atoms with E-state index in [0.717, 1.165) is 26.7 Å². The molecule has 0 spiro atoms. The van der Waals surface area contributed by atoms with Crippen LogP contribution in [0, 0.1) is 0 Å². The van der Waals surface area contributed by atoms with Gasteiger partial charge in [-0.15, -0.1) is 11.3 Å². The summed E-state index contributed by atoms with van der Waals surface area (Å²) in [6, 6.07) is 10.8. The van der Waals surface area contributed by atoms with E-state index in [1.165, 1.54) is 0 Å². The molecule has 1 aromatic carbocycles. The Hall–Kier alpha value is -2.57. The zero-order valence-electron chi connectivity index (χ0n) is 13.4. The maximum atomic E-state index is 11.0. The van der Waals surface area contributed by atoms with Gasteiger partial charge in [-0.1, -0.05) is 12.1 Å². The van der Waals surface area contributed by atoms with Crippen LogP contribution in [0.5, 0.6) is 0 Å². The Balaban J connectivity index is 2.08. The zero-order valence-corrected chi connectivity index (χ0v) is 14.2. The second-order valence-corrected chi connectivity index (χ2v) is 6.39. The number of nitrogens with one attached hydrogen (secondary N) is 1. The molecule has 3 rings (SSSR count). The van der Waals surface area contributed by atoms with Gasteiger partial charge in [0.25, 0.3) is 0 Å². The maximum Gasteiger partial charge on any atom is 0.335 e. The Kier molecular flexibility index (Phi) is 4.69. The fraction of sp³-hybridized carbons (Fsp3) is 0.167. The van der Waals surface area contributed by atoms with Gasteiger partial charge in [0, 0.05) is 34.4 Å². The third kappa shape index (κ3) is 3.20. The number of aromatic nitrogens is 2. The van der Waals surface area contributed by atoms with Gasteiger partial charge < -0.3 is 10.4 Å². The molecule has 1 atom stereocenters. The molecule has 0 aliphatic rings. The summed E-state index contributed by atoms with van der Waals surface area (Å²) in [6.45, 7) is 2.08. The molecule has 2 N–H and O–H groups in total. The standard InChI is InChI=1S/C18H17N3O2S/c1-11(19-2)16-15(12-3-5-14(6-4-12)18(22)23)21-17(24-16)13-7-9-20-10-8-13/h3-11,19H,1-2H3,(H,22,23). The van der Waals surface area contributed by atoms with Gasteiger partial charge in [0.1, 0.15) is 5.01 Å². The van der Waals surface area contributed by atoms with Crippen molar-refractivity contribution in [2.45, 2.75) is 13.0 Å². The second kappa shape index (κ2) is 6.90. The van der Waals surface area contributed by atoms with Gasteiger partial charge in [0.15, 0.2) is 0 Å². The van der Waals surface area contributed by atoms with Crippen molar-refractivity contribution in [3.63, 3.8) is 0 Å². The number of carboxylic acids is 1. The number of hydrogen-bond acceptors (Lipinski definition) is 5. The van der Waals surface area contributed by atoms with E-state index < -0.39 is 5.97 Å². The number of thiazole rings is 1. The summed E-state index contributed by atoms with van der Waals surface area (Å²) < 4.78 is 0. The van der Waals surface area contributed by atoms with Gasteiger partial charge >= 0.3 is 5.97 Å². The van der Waals surface area contributed by atoms with Gasteiger partial charge in [-0.25, -0.2) is 9.78 Å². The van der Waals surface area contributed by atoms with Crippen molar-refractivity contribution >= 4 is 17.3 Å². The van der Waals surface area contributed by atoms with Crippen LogP contribution >= 0.6 is 11.3 Å². The Labute approximate surface area is 144 Å². The molecule has 122 valence electrons. The van der Waals surface area contributed by atoms with Gasteiger partial charge in [-0.2, -0.15) is 0 Å². The van der Waals surface area contributed by atoms with E-state index in [0.29, 0.717) is 0 Å². The summed E-state index contributed by atoms with van der Waals surface area (Å²) in [5.74, 6) is -0.930. The zero-order chi connectivity index (χ0) is 17.1. The largest absolute Gasteiger partial charge is 0.478 e. The molecule has 2 aromatic heterocycles. The molecule has 0 radical (unpaired) electrons. The van der Waals surface area contributed by atoms with Crippen LogP contribution in [0.25, 0.3) is 21.8 Å². The molecule has 0 aliphatic heterocycles. The summed E-state index contributed by atoms with van der Waals surface area (Å²) >= 11 is 1.63. The Morgan fingerprint density at radius 1 is 1.12 bits per heavy atom. The number of carbonyl (C=O) groups is 1. The van der Waals surface area contributed by atoms with Crippen molar-refractivity contribution in [3.8, 4) is 21.8 Å². The topological polar surface area (TPSA) is 75.1 Å². The smallest absolute Gasteiger partial charge is 0.335 e. The van der Waals surface area contributed by atoms with E-state index in [4.69, 9.17) is 10.1 Å². The van der Waals surface area contributed by atoms with Crippen molar-refractivity contribution in [1.82, 2.24) is 15.3 Å². The van der Waals surface area contributed by atoms with Gasteiger partial charge in [0.2, 0.25) is 0 Å². The summed E-state index contributed by atoms with van der Waals surface area (Å²) in [5.41, 5.74) is 3.08. The third-order valence-corrected chi connectivity index (χ3v) is 5.10. The molecule has 24 heavy (non-hydrogen) atoms. The molecular formula is C18H17N3O2S. The maximum absolute atomic E-state index is 11.0. The average Bonchev–Trinajstić information content (AvgIpc) is 3.07. The Morgan fingerprint density at radius 3 is 2.38 bits per heavy atom. The van der Waals surface area contributed by atoms with E-state index in [-0.39, 0.29) is 11.6 Å². The number of benzene rings is 1. The van der Waals surface area contributed by atoms with E-state index >= 15 is 0 Å². The summed E-state index contributed by atoms with van der Waals surface area (Å²) in [7, 11) is 1.91. The summed E-state index contributed by atoms with van der Waals surface area (Å²) in [4.78, 5) is 21.0. The van der Waals surface area contributed by atoms with Crippen LogP contribution < -0.4 is 5.32 Å². The average molecular weight is 339 g/mol. The first kappa shape index (κ1) is 16.3. The highest BCUT2D eigenvalue weighted by Crippen LogP contribution is 2.37. The van der Waals surface area contributed by atoms with Crippen molar-refractivity contribution in [3.05, 3.63) is 59.2 Å². The molecule has 0 saturated heterocycles. The second-order valence-electron chi connectivity index (χ2n) is 5.36. The molecule has 5 nitrogen and oxygen atoms in total. The predicted molar refractivity (Wildman–Crippen MR) is 95.2 cm³/mol. The first-order valence-corrected chi connectivity index (χ1v) is 8.34. The first-order chi connectivity index (χ1) is 11.6. The van der Waals surface area contributed by atoms with Gasteiger partial charge in [0.05, 0.1) is 11.3 Å². The van der Waals surface area contributed by atoms with Gasteiger partial charge in [-0.05, 0) is 38.2 Å². The molecular weight excluding hydrogens is 322 g/mol. The number of hydrogen-bond donors (Lipinski definition) is 2. The molecule has 0 amide bonds. The molecule has 2 heterocycles. The van der Waals surface area contributed by atoms with Crippen molar-refractivity contribution in [1.29, 1.82) is 0 Å². The first-order valence-electron chi connectivity index (χ1n) is 7.52. The molecule has 0 fully saturated rings. The Bertz CT molecular complexity index is 844. The number of nitrogens with zero attached hydrogens (tertiary/aromatic N) is 2. The molecule has 6 heteroatoms. The molecule has 1 unspecified atom stereocenters. The summed E-state index contributed by atoms with van der Waals surface area (Å²) in [6.07, 6.45) is 3.50. The van der Waals surface area contributed by atoms with Crippen LogP contribution in [0.1, 0.15) is 28.2 Å². The SMILES string of the molecule is CNC(C)c1sc(-c2ccncc2)nc1-c1ccc(C(=O)O)cc1. The predicted octanol–water partition coefficient (Wildman–Crippen LogP) is 3.85. The normalized spacial score (nSPS) is 12.1. The fourth-order valence-electron chi connectivity index (χ4n) is 2.35. The van der Waals surface area contributed by atoms with Crippen molar-refractivity contribution in [2.24, 2.45) is 0 Å². The lowest BCUT2D eigenvalue weighted by Crippen LogP contribution is -2.11.